The molecule has 6 amide bonds. The number of nitrogens with one attached hydrogen (secondary N) is 1. The molecule has 0 radical (unpaired) electrons. The second kappa shape index (κ2) is 5.90. The average Bonchev–Trinajstić information content (AvgIpc) is 2.47. The van der Waals surface area contributed by atoms with Crippen LogP contribution in [0.15, 0.2) is 0 Å². The first-order chi connectivity index (χ1) is 10.6. The van der Waals surface area contributed by atoms with Gasteiger partial charge in [0.2, 0.25) is 23.6 Å². The van der Waals surface area contributed by atoms with Gasteiger partial charge in [0.1, 0.15) is 5.92 Å². The number of nitrogens with zero attached hydrogens (tertiary/aromatic N) is 2. The average molecular weight is 323 g/mol. The van der Waals surface area contributed by atoms with E-state index in [9.17, 15) is 28.8 Å². The van der Waals surface area contributed by atoms with Gasteiger partial charge in [0, 0.05) is 0 Å². The predicted octanol–water partition coefficient (Wildman–Crippen LogP) is -0.946. The summed E-state index contributed by atoms with van der Waals surface area (Å²) >= 11 is 0. The summed E-state index contributed by atoms with van der Waals surface area (Å²) in [5, 5.41) is 2.04. The van der Waals surface area contributed by atoms with Gasteiger partial charge in [0.05, 0.1) is 24.9 Å². The van der Waals surface area contributed by atoms with Gasteiger partial charge in [-0.25, -0.2) is 4.79 Å². The van der Waals surface area contributed by atoms with Gasteiger partial charge in [-0.3, -0.25) is 39.1 Å². The number of carbonyl (C=O) groups excluding carboxylic acids is 6. The molecule has 2 saturated heterocycles. The molecule has 124 valence electrons. The summed E-state index contributed by atoms with van der Waals surface area (Å²) in [6.07, 6.45) is -0.383. The van der Waals surface area contributed by atoms with Crippen molar-refractivity contribution in [2.45, 2.75) is 33.2 Å². The number of barbiturate groups is 1. The molecule has 2 fully saturated rings. The van der Waals surface area contributed by atoms with E-state index in [0.717, 1.165) is 9.80 Å². The van der Waals surface area contributed by atoms with E-state index in [-0.39, 0.29) is 13.0 Å². The number of ketones is 1. The van der Waals surface area contributed by atoms with Crippen LogP contribution >= 0.6 is 0 Å². The first kappa shape index (κ1) is 16.8. The van der Waals surface area contributed by atoms with Crippen molar-refractivity contribution in [2.24, 2.45) is 11.8 Å². The van der Waals surface area contributed by atoms with Gasteiger partial charge in [-0.1, -0.05) is 0 Å². The Labute approximate surface area is 132 Å². The molecular weight excluding hydrogens is 306 g/mol. The van der Waals surface area contributed by atoms with Crippen molar-refractivity contribution in [1.82, 2.24) is 15.1 Å². The second-order valence-corrected chi connectivity index (χ2v) is 5.78. The van der Waals surface area contributed by atoms with Crippen LogP contribution in [0.4, 0.5) is 4.79 Å². The van der Waals surface area contributed by atoms with Gasteiger partial charge in [0.15, 0.2) is 5.78 Å². The summed E-state index contributed by atoms with van der Waals surface area (Å²) < 4.78 is 0. The zero-order valence-electron chi connectivity index (χ0n) is 13.0. The lowest BCUT2D eigenvalue weighted by atomic mass is 9.95. The number of piperidine rings is 1. The van der Waals surface area contributed by atoms with Crippen LogP contribution in [-0.4, -0.2) is 57.8 Å². The van der Waals surface area contributed by atoms with E-state index in [1.54, 1.807) is 0 Å². The van der Waals surface area contributed by atoms with E-state index in [1.165, 1.54) is 20.8 Å². The zero-order chi connectivity index (χ0) is 17.5. The maximum absolute atomic E-state index is 12.1. The summed E-state index contributed by atoms with van der Waals surface area (Å²) in [4.78, 5) is 72.6. The number of hydrogen-bond donors (Lipinski definition) is 1. The third-order valence-corrected chi connectivity index (χ3v) is 4.08. The van der Waals surface area contributed by atoms with Gasteiger partial charge in [-0.05, 0) is 20.8 Å². The Bertz CT molecular complexity index is 628. The molecule has 0 saturated carbocycles. The fraction of sp³-hybridized carbons (Fsp3) is 0.571. The lowest BCUT2D eigenvalue weighted by molar-refractivity contribution is -0.159. The van der Waals surface area contributed by atoms with Crippen molar-refractivity contribution in [3.8, 4) is 0 Å². The van der Waals surface area contributed by atoms with Crippen LogP contribution in [0, 0.1) is 11.8 Å². The molecule has 2 rings (SSSR count). The highest BCUT2D eigenvalue weighted by molar-refractivity contribution is 6.18. The Hall–Kier alpha value is -2.58. The Balaban J connectivity index is 2.16. The van der Waals surface area contributed by atoms with Gasteiger partial charge >= 0.3 is 6.03 Å². The van der Waals surface area contributed by atoms with Gasteiger partial charge in [-0.2, -0.15) is 0 Å². The maximum atomic E-state index is 12.1. The third-order valence-electron chi connectivity index (χ3n) is 4.08. The number of likely N-dealkylation sites (tertiary alicyclic amines) is 1. The summed E-state index contributed by atoms with van der Waals surface area (Å²) in [5.74, 6) is -5.07. The van der Waals surface area contributed by atoms with Crippen molar-refractivity contribution in [3.05, 3.63) is 0 Å². The van der Waals surface area contributed by atoms with Crippen molar-refractivity contribution in [1.29, 1.82) is 0 Å². The molecule has 0 aromatic heterocycles. The van der Waals surface area contributed by atoms with E-state index in [0.29, 0.717) is 0 Å². The molecule has 2 heterocycles. The number of hydrogen-bond acceptors (Lipinski definition) is 6. The minimum Gasteiger partial charge on any atom is -0.298 e. The Morgan fingerprint density at radius 2 is 1.65 bits per heavy atom. The molecule has 0 aromatic rings. The number of imide groups is 3. The number of amides is 6. The molecule has 9 heteroatoms. The molecule has 3 unspecified atom stereocenters. The topological polar surface area (TPSA) is 121 Å². The van der Waals surface area contributed by atoms with Gasteiger partial charge < -0.3 is 0 Å². The smallest absolute Gasteiger partial charge is 0.298 e. The minimum atomic E-state index is -1.02. The largest absolute Gasteiger partial charge is 0.330 e. The molecule has 2 aliphatic rings. The first-order valence-electron chi connectivity index (χ1n) is 7.20. The monoisotopic (exact) mass is 323 g/mol. The normalized spacial score (nSPS) is 27.4. The molecule has 2 aliphatic heterocycles. The van der Waals surface area contributed by atoms with Crippen LogP contribution in [0.3, 0.4) is 0 Å². The van der Waals surface area contributed by atoms with Gasteiger partial charge in [0.25, 0.3) is 0 Å². The molecule has 0 aliphatic carbocycles. The molecule has 23 heavy (non-hydrogen) atoms. The molecule has 0 aromatic carbocycles. The molecular formula is C14H17N3O6. The van der Waals surface area contributed by atoms with E-state index in [1.807, 2.05) is 5.32 Å². The lowest BCUT2D eigenvalue weighted by Gasteiger charge is -2.36. The third kappa shape index (κ3) is 2.86. The van der Waals surface area contributed by atoms with Crippen LogP contribution in [0.25, 0.3) is 0 Å². The quantitative estimate of drug-likeness (QED) is 0.528. The highest BCUT2D eigenvalue weighted by atomic mass is 16.2. The molecule has 0 bridgehead atoms. The SMILES string of the molecule is CC1C(=O)NC(=O)N(CC(C)N2C(=O)CC(=O)C(C)C2=O)C1=O. The van der Waals surface area contributed by atoms with E-state index >= 15 is 0 Å². The second-order valence-electron chi connectivity index (χ2n) is 5.78. The van der Waals surface area contributed by atoms with Crippen LogP contribution in [0.5, 0.6) is 0 Å². The minimum absolute atomic E-state index is 0.235. The maximum Gasteiger partial charge on any atom is 0.330 e. The Morgan fingerprint density at radius 1 is 1.04 bits per heavy atom. The molecule has 0 spiro atoms. The standard InChI is InChI=1S/C14H17N3O6/c1-6(17-10(19)4-9(18)7(2)13(17)22)5-16-12(21)8(3)11(20)15-14(16)23/h6-8H,4-5H2,1-3H3,(H,15,20,23). The summed E-state index contributed by atoms with van der Waals surface area (Å²) in [6.45, 7) is 4.04. The molecule has 9 nitrogen and oxygen atoms in total. The van der Waals surface area contributed by atoms with Gasteiger partial charge in [-0.15, -0.1) is 0 Å². The fourth-order valence-corrected chi connectivity index (χ4v) is 2.57. The number of Topliss-reactive ketones (excluding diaryl/α,β-unsaturated/α-hetero) is 1. The van der Waals surface area contributed by atoms with Crippen LogP contribution in [-0.2, 0) is 24.0 Å². The molecule has 1 N–H and O–H groups in total. The summed E-state index contributed by atoms with van der Waals surface area (Å²) in [7, 11) is 0. The number of rotatable bonds is 3. The summed E-state index contributed by atoms with van der Waals surface area (Å²) in [6, 6.07) is -1.67. The highest BCUT2D eigenvalue weighted by Gasteiger charge is 2.43. The van der Waals surface area contributed by atoms with E-state index in [2.05, 4.69) is 0 Å². The van der Waals surface area contributed by atoms with Crippen molar-refractivity contribution < 1.29 is 28.8 Å². The van der Waals surface area contributed by atoms with E-state index in [4.69, 9.17) is 0 Å². The number of carbonyl (C=O) groups is 6. The Kier molecular flexibility index (Phi) is 4.31. The fourth-order valence-electron chi connectivity index (χ4n) is 2.57. The van der Waals surface area contributed by atoms with Crippen molar-refractivity contribution >= 4 is 35.4 Å². The Morgan fingerprint density at radius 3 is 2.26 bits per heavy atom. The van der Waals surface area contributed by atoms with Crippen LogP contribution < -0.4 is 5.32 Å². The summed E-state index contributed by atoms with van der Waals surface area (Å²) in [5.41, 5.74) is 0. The van der Waals surface area contributed by atoms with Crippen molar-refractivity contribution in [2.75, 3.05) is 6.54 Å². The van der Waals surface area contributed by atoms with Crippen LogP contribution in [0.2, 0.25) is 0 Å². The van der Waals surface area contributed by atoms with Crippen molar-refractivity contribution in [3.63, 3.8) is 0 Å². The lowest BCUT2D eigenvalue weighted by Crippen LogP contribution is -2.61. The first-order valence-corrected chi connectivity index (χ1v) is 7.20. The van der Waals surface area contributed by atoms with E-state index < -0.39 is 53.3 Å². The highest BCUT2D eigenvalue weighted by Crippen LogP contribution is 2.20. The number of urea groups is 1. The molecule has 3 atom stereocenters. The predicted molar refractivity (Wildman–Crippen MR) is 74.5 cm³/mol. The van der Waals surface area contributed by atoms with Crippen LogP contribution in [0.1, 0.15) is 27.2 Å². The zero-order valence-corrected chi connectivity index (χ0v) is 13.0.